The lowest BCUT2D eigenvalue weighted by molar-refractivity contribution is -0.0559. The Labute approximate surface area is 104 Å². The minimum absolute atomic E-state index is 0.428. The molecule has 3 heteroatoms. The van der Waals surface area contributed by atoms with Crippen LogP contribution in [0.1, 0.15) is 51.0 Å². The molecule has 2 rings (SSSR count). The van der Waals surface area contributed by atoms with Crippen LogP contribution >= 0.6 is 0 Å². The van der Waals surface area contributed by atoms with Crippen LogP contribution in [0.15, 0.2) is 12.4 Å². The summed E-state index contributed by atoms with van der Waals surface area (Å²) in [5.41, 5.74) is 0.810. The Hall–Kier alpha value is -0.830. The predicted octanol–water partition coefficient (Wildman–Crippen LogP) is 2.68. The van der Waals surface area contributed by atoms with Crippen LogP contribution in [0.25, 0.3) is 0 Å². The van der Waals surface area contributed by atoms with Gasteiger partial charge in [0.1, 0.15) is 0 Å². The smallest absolute Gasteiger partial charge is 0.0678 e. The largest absolute Gasteiger partial charge is 0.390 e. The highest BCUT2D eigenvalue weighted by Crippen LogP contribution is 2.38. The summed E-state index contributed by atoms with van der Waals surface area (Å²) in [4.78, 5) is 0. The maximum absolute atomic E-state index is 10.8. The van der Waals surface area contributed by atoms with Gasteiger partial charge in [-0.3, -0.25) is 4.68 Å². The average molecular weight is 236 g/mol. The van der Waals surface area contributed by atoms with E-state index >= 15 is 0 Å². The summed E-state index contributed by atoms with van der Waals surface area (Å²) in [6.07, 6.45) is 11.5. The zero-order chi connectivity index (χ0) is 12.3. The first-order valence-electron chi connectivity index (χ1n) is 6.84. The molecule has 1 aliphatic carbocycles. The molecule has 0 saturated heterocycles. The van der Waals surface area contributed by atoms with Crippen molar-refractivity contribution in [2.24, 2.45) is 13.0 Å². The monoisotopic (exact) mass is 236 g/mol. The summed E-state index contributed by atoms with van der Waals surface area (Å²) in [7, 11) is 1.94. The standard InChI is InChI=1S/C14H24N2O/c1-3-13-6-4-5-8-14(13,17)9-7-12-10-15-16(2)11-12/h10-11,13,17H,3-9H2,1-2H3. The van der Waals surface area contributed by atoms with E-state index in [-0.39, 0.29) is 0 Å². The molecule has 17 heavy (non-hydrogen) atoms. The molecule has 1 fully saturated rings. The summed E-state index contributed by atoms with van der Waals surface area (Å²) in [5.74, 6) is 0.493. The summed E-state index contributed by atoms with van der Waals surface area (Å²) >= 11 is 0. The average Bonchev–Trinajstić information content (AvgIpc) is 2.73. The minimum Gasteiger partial charge on any atom is -0.390 e. The molecule has 0 bridgehead atoms. The van der Waals surface area contributed by atoms with Crippen LogP contribution < -0.4 is 0 Å². The molecule has 1 saturated carbocycles. The topological polar surface area (TPSA) is 38.1 Å². The van der Waals surface area contributed by atoms with Crippen molar-refractivity contribution in [1.29, 1.82) is 0 Å². The van der Waals surface area contributed by atoms with E-state index in [9.17, 15) is 5.11 Å². The van der Waals surface area contributed by atoms with E-state index in [1.54, 1.807) is 0 Å². The van der Waals surface area contributed by atoms with Gasteiger partial charge in [0.25, 0.3) is 0 Å². The summed E-state index contributed by atoms with van der Waals surface area (Å²) < 4.78 is 1.83. The molecule has 0 aromatic carbocycles. The van der Waals surface area contributed by atoms with Gasteiger partial charge in [-0.15, -0.1) is 0 Å². The Kier molecular flexibility index (Phi) is 3.87. The quantitative estimate of drug-likeness (QED) is 0.873. The second-order valence-corrected chi connectivity index (χ2v) is 5.48. The van der Waals surface area contributed by atoms with Gasteiger partial charge in [0.15, 0.2) is 0 Å². The fraction of sp³-hybridized carbons (Fsp3) is 0.786. The van der Waals surface area contributed by atoms with Gasteiger partial charge in [-0.25, -0.2) is 0 Å². The van der Waals surface area contributed by atoms with E-state index in [4.69, 9.17) is 0 Å². The Morgan fingerprint density at radius 1 is 1.53 bits per heavy atom. The second kappa shape index (κ2) is 5.21. The Bertz CT molecular complexity index is 361. The molecular formula is C14H24N2O. The number of hydrogen-bond donors (Lipinski definition) is 1. The normalized spacial score (nSPS) is 29.5. The number of nitrogens with zero attached hydrogens (tertiary/aromatic N) is 2. The van der Waals surface area contributed by atoms with Gasteiger partial charge in [-0.1, -0.05) is 26.2 Å². The van der Waals surface area contributed by atoms with Crippen LogP contribution in [-0.2, 0) is 13.5 Å². The van der Waals surface area contributed by atoms with Crippen LogP contribution in [0.4, 0.5) is 0 Å². The van der Waals surface area contributed by atoms with Gasteiger partial charge in [-0.05, 0) is 37.2 Å². The number of aryl methyl sites for hydroxylation is 2. The molecule has 1 heterocycles. The molecule has 0 radical (unpaired) electrons. The van der Waals surface area contributed by atoms with Crippen LogP contribution in [0.3, 0.4) is 0 Å². The Balaban J connectivity index is 1.95. The van der Waals surface area contributed by atoms with E-state index < -0.39 is 5.60 Å². The molecular weight excluding hydrogens is 212 g/mol. The highest BCUT2D eigenvalue weighted by atomic mass is 16.3. The fourth-order valence-electron chi connectivity index (χ4n) is 3.17. The molecule has 0 spiro atoms. The lowest BCUT2D eigenvalue weighted by Crippen LogP contribution is -2.40. The maximum Gasteiger partial charge on any atom is 0.0678 e. The first-order chi connectivity index (χ1) is 8.14. The number of aromatic nitrogens is 2. The molecule has 3 nitrogen and oxygen atoms in total. The first kappa shape index (κ1) is 12.6. The van der Waals surface area contributed by atoms with Gasteiger partial charge in [0, 0.05) is 13.2 Å². The highest BCUT2D eigenvalue weighted by molar-refractivity contribution is 5.05. The van der Waals surface area contributed by atoms with Crippen molar-refractivity contribution >= 4 is 0 Å². The minimum atomic E-state index is -0.428. The third-order valence-corrected chi connectivity index (χ3v) is 4.27. The van der Waals surface area contributed by atoms with Gasteiger partial charge >= 0.3 is 0 Å². The van der Waals surface area contributed by atoms with Crippen LogP contribution in [0, 0.1) is 5.92 Å². The van der Waals surface area contributed by atoms with Crippen molar-refractivity contribution in [1.82, 2.24) is 9.78 Å². The molecule has 2 unspecified atom stereocenters. The van der Waals surface area contributed by atoms with Crippen molar-refractivity contribution in [2.45, 2.75) is 57.5 Å². The molecule has 1 aliphatic rings. The van der Waals surface area contributed by atoms with E-state index in [0.717, 1.165) is 25.7 Å². The molecule has 1 aromatic rings. The van der Waals surface area contributed by atoms with Crippen LogP contribution in [0.5, 0.6) is 0 Å². The van der Waals surface area contributed by atoms with Crippen LogP contribution in [0.2, 0.25) is 0 Å². The number of hydrogen-bond acceptors (Lipinski definition) is 2. The van der Waals surface area contributed by atoms with Crippen molar-refractivity contribution in [2.75, 3.05) is 0 Å². The SMILES string of the molecule is CCC1CCCCC1(O)CCc1cnn(C)c1. The summed E-state index contributed by atoms with van der Waals surface area (Å²) in [5, 5.41) is 14.9. The van der Waals surface area contributed by atoms with Crippen molar-refractivity contribution in [3.63, 3.8) is 0 Å². The predicted molar refractivity (Wildman–Crippen MR) is 68.7 cm³/mol. The molecule has 96 valence electrons. The van der Waals surface area contributed by atoms with Crippen molar-refractivity contribution in [3.05, 3.63) is 18.0 Å². The fourth-order valence-corrected chi connectivity index (χ4v) is 3.17. The van der Waals surface area contributed by atoms with E-state index in [2.05, 4.69) is 12.0 Å². The van der Waals surface area contributed by atoms with Gasteiger partial charge < -0.3 is 5.11 Å². The van der Waals surface area contributed by atoms with Gasteiger partial charge in [0.2, 0.25) is 0 Å². The number of aliphatic hydroxyl groups is 1. The van der Waals surface area contributed by atoms with Gasteiger partial charge in [-0.2, -0.15) is 5.10 Å². The van der Waals surface area contributed by atoms with E-state index in [0.29, 0.717) is 5.92 Å². The molecule has 0 amide bonds. The molecule has 2 atom stereocenters. The first-order valence-corrected chi connectivity index (χ1v) is 6.84. The lowest BCUT2D eigenvalue weighted by Gasteiger charge is -2.40. The molecule has 1 aromatic heterocycles. The third kappa shape index (κ3) is 2.89. The number of rotatable bonds is 4. The summed E-state index contributed by atoms with van der Waals surface area (Å²) in [6, 6.07) is 0. The zero-order valence-electron chi connectivity index (χ0n) is 11.0. The van der Waals surface area contributed by atoms with Gasteiger partial charge in [0.05, 0.1) is 11.8 Å². The Morgan fingerprint density at radius 3 is 3.00 bits per heavy atom. The molecule has 1 N–H and O–H groups in total. The van der Waals surface area contributed by atoms with E-state index in [1.165, 1.54) is 24.8 Å². The maximum atomic E-state index is 10.8. The van der Waals surface area contributed by atoms with E-state index in [1.807, 2.05) is 24.1 Å². The highest BCUT2D eigenvalue weighted by Gasteiger charge is 2.37. The lowest BCUT2D eigenvalue weighted by atomic mass is 9.71. The summed E-state index contributed by atoms with van der Waals surface area (Å²) in [6.45, 7) is 2.20. The Morgan fingerprint density at radius 2 is 2.35 bits per heavy atom. The van der Waals surface area contributed by atoms with Crippen LogP contribution in [-0.4, -0.2) is 20.5 Å². The zero-order valence-corrected chi connectivity index (χ0v) is 11.0. The molecule has 0 aliphatic heterocycles. The second-order valence-electron chi connectivity index (χ2n) is 5.48. The van der Waals surface area contributed by atoms with Crippen molar-refractivity contribution in [3.8, 4) is 0 Å². The van der Waals surface area contributed by atoms with Crippen molar-refractivity contribution < 1.29 is 5.11 Å². The third-order valence-electron chi connectivity index (χ3n) is 4.27.